The Morgan fingerprint density at radius 2 is 1.83 bits per heavy atom. The van der Waals surface area contributed by atoms with E-state index in [-0.39, 0.29) is 5.82 Å². The van der Waals surface area contributed by atoms with Crippen molar-refractivity contribution in [2.75, 3.05) is 14.2 Å². The maximum absolute atomic E-state index is 13.9. The second-order valence-corrected chi connectivity index (χ2v) is 7.10. The number of carbonyl (C=O) groups excluding carboxylic acids is 1. The molecule has 2 N–H and O–H groups in total. The molecule has 0 aliphatic heterocycles. The van der Waals surface area contributed by atoms with Crippen LogP contribution in [0.15, 0.2) is 42.5 Å². The van der Waals surface area contributed by atoms with Crippen LogP contribution in [-0.4, -0.2) is 24.7 Å². The number of nitrogens with zero attached hydrogens (tertiary/aromatic N) is 1. The molecule has 1 amide bonds. The molecule has 0 saturated heterocycles. The third kappa shape index (κ3) is 4.03. The molecule has 0 bridgehead atoms. The lowest BCUT2D eigenvalue weighted by atomic mass is 9.98. The number of aryl methyl sites for hydroxylation is 1. The summed E-state index contributed by atoms with van der Waals surface area (Å²) >= 11 is 0. The molecule has 0 unspecified atom stereocenters. The van der Waals surface area contributed by atoms with Gasteiger partial charge in [-0.05, 0) is 55.2 Å². The van der Waals surface area contributed by atoms with Crippen molar-refractivity contribution in [3.05, 3.63) is 70.8 Å². The van der Waals surface area contributed by atoms with Gasteiger partial charge in [0.25, 0.3) is 5.91 Å². The summed E-state index contributed by atoms with van der Waals surface area (Å²) in [5.74, 6) is 0.497. The van der Waals surface area contributed by atoms with E-state index in [9.17, 15) is 9.18 Å². The topological polar surface area (TPSA) is 66.5 Å². The van der Waals surface area contributed by atoms with E-state index in [1.165, 1.54) is 12.1 Å². The minimum absolute atomic E-state index is 0.347. The molecule has 1 heterocycles. The summed E-state index contributed by atoms with van der Waals surface area (Å²) in [4.78, 5) is 12.3. The largest absolute Gasteiger partial charge is 0.493 e. The quantitative estimate of drug-likeness (QED) is 0.594. The highest BCUT2D eigenvalue weighted by Gasteiger charge is 2.24. The van der Waals surface area contributed by atoms with Gasteiger partial charge in [-0.25, -0.2) is 4.39 Å². The van der Waals surface area contributed by atoms with Crippen LogP contribution in [-0.2, 0) is 19.4 Å². The first-order valence-electron chi connectivity index (χ1n) is 9.89. The van der Waals surface area contributed by atoms with Gasteiger partial charge in [0.1, 0.15) is 5.82 Å². The number of carbonyl (C=O) groups is 1. The maximum Gasteiger partial charge on any atom is 0.251 e. The van der Waals surface area contributed by atoms with Gasteiger partial charge in [0.15, 0.2) is 11.5 Å². The van der Waals surface area contributed by atoms with Gasteiger partial charge < -0.3 is 19.8 Å². The fourth-order valence-corrected chi connectivity index (χ4v) is 4.00. The molecule has 3 aromatic rings. The van der Waals surface area contributed by atoms with E-state index in [2.05, 4.69) is 4.57 Å². The van der Waals surface area contributed by atoms with Crippen molar-refractivity contribution in [3.8, 4) is 22.6 Å². The Balaban J connectivity index is 2.03. The van der Waals surface area contributed by atoms with Crippen molar-refractivity contribution in [2.45, 2.75) is 33.2 Å². The smallest absolute Gasteiger partial charge is 0.251 e. The van der Waals surface area contributed by atoms with Crippen molar-refractivity contribution in [1.29, 1.82) is 0 Å². The van der Waals surface area contributed by atoms with Crippen LogP contribution in [0.1, 0.15) is 34.2 Å². The number of ether oxygens (including phenoxy) is 2. The van der Waals surface area contributed by atoms with E-state index >= 15 is 0 Å². The first kappa shape index (κ1) is 21.4. The number of nitrogens with two attached hydrogens (primary N) is 1. The van der Waals surface area contributed by atoms with Crippen LogP contribution in [0.2, 0.25) is 0 Å². The fourth-order valence-electron chi connectivity index (χ4n) is 4.00. The molecule has 1 aromatic heterocycles. The van der Waals surface area contributed by atoms with Crippen LogP contribution in [0.4, 0.5) is 4.39 Å². The molecule has 0 aliphatic rings. The lowest BCUT2D eigenvalue weighted by Gasteiger charge is -2.13. The Hall–Kier alpha value is -3.28. The summed E-state index contributed by atoms with van der Waals surface area (Å²) in [6.45, 7) is 4.56. The predicted octanol–water partition coefficient (Wildman–Crippen LogP) is 4.52. The van der Waals surface area contributed by atoms with Crippen molar-refractivity contribution in [3.63, 3.8) is 0 Å². The number of amides is 1. The van der Waals surface area contributed by atoms with Crippen LogP contribution in [0.25, 0.3) is 11.1 Å². The van der Waals surface area contributed by atoms with E-state index < -0.39 is 5.91 Å². The van der Waals surface area contributed by atoms with Gasteiger partial charge in [-0.3, -0.25) is 4.79 Å². The second-order valence-electron chi connectivity index (χ2n) is 7.10. The van der Waals surface area contributed by atoms with Crippen LogP contribution >= 0.6 is 0 Å². The summed E-state index contributed by atoms with van der Waals surface area (Å²) in [6, 6.07) is 12.1. The normalized spacial score (nSPS) is 10.8. The third-order valence-electron chi connectivity index (χ3n) is 5.40. The predicted molar refractivity (Wildman–Crippen MR) is 116 cm³/mol. The highest BCUT2D eigenvalue weighted by Crippen LogP contribution is 2.34. The monoisotopic (exact) mass is 410 g/mol. The van der Waals surface area contributed by atoms with Crippen molar-refractivity contribution < 1.29 is 18.7 Å². The van der Waals surface area contributed by atoms with Crippen molar-refractivity contribution in [2.24, 2.45) is 5.73 Å². The van der Waals surface area contributed by atoms with Gasteiger partial charge in [-0.2, -0.15) is 0 Å². The highest BCUT2D eigenvalue weighted by molar-refractivity contribution is 6.02. The SMILES string of the molecule is CCc1c(-c2cccc(F)c2)c(C(N)=O)c(C)n1CCc1ccc(OC)c(OC)c1. The summed E-state index contributed by atoms with van der Waals surface area (Å²) in [5, 5.41) is 0. The van der Waals surface area contributed by atoms with E-state index in [0.29, 0.717) is 41.2 Å². The number of primary amides is 1. The minimum atomic E-state index is -0.508. The molecule has 0 saturated carbocycles. The summed E-state index contributed by atoms with van der Waals surface area (Å²) in [6.07, 6.45) is 1.41. The molecule has 3 rings (SSSR count). The number of rotatable bonds is 8. The molecular formula is C24H27FN2O3. The van der Waals surface area contributed by atoms with Gasteiger partial charge in [0, 0.05) is 23.5 Å². The molecule has 30 heavy (non-hydrogen) atoms. The zero-order valence-corrected chi connectivity index (χ0v) is 17.8. The molecule has 2 aromatic carbocycles. The number of methoxy groups -OCH3 is 2. The van der Waals surface area contributed by atoms with E-state index in [1.807, 2.05) is 38.1 Å². The standard InChI is InChI=1S/C24H27FN2O3/c1-5-19-23(17-7-6-8-18(25)14-17)22(24(26)28)15(2)27(19)12-11-16-9-10-20(29-3)21(13-16)30-4/h6-10,13-14H,5,11-12H2,1-4H3,(H2,26,28). The first-order chi connectivity index (χ1) is 14.4. The van der Waals surface area contributed by atoms with E-state index in [4.69, 9.17) is 15.2 Å². The first-order valence-corrected chi connectivity index (χ1v) is 9.89. The number of benzene rings is 2. The molecule has 0 aliphatic carbocycles. The minimum Gasteiger partial charge on any atom is -0.493 e. The Morgan fingerprint density at radius 3 is 2.43 bits per heavy atom. The Kier molecular flexibility index (Phi) is 6.45. The average Bonchev–Trinajstić information content (AvgIpc) is 3.03. The molecule has 0 fully saturated rings. The molecule has 0 spiro atoms. The molecule has 0 atom stereocenters. The van der Waals surface area contributed by atoms with E-state index in [0.717, 1.165) is 23.4 Å². The van der Waals surface area contributed by atoms with Gasteiger partial charge in [0.05, 0.1) is 19.8 Å². The van der Waals surface area contributed by atoms with Crippen LogP contribution < -0.4 is 15.2 Å². The number of hydrogen-bond acceptors (Lipinski definition) is 3. The van der Waals surface area contributed by atoms with Crippen LogP contribution in [0, 0.1) is 12.7 Å². The Morgan fingerprint density at radius 1 is 1.10 bits per heavy atom. The second kappa shape index (κ2) is 9.03. The molecule has 158 valence electrons. The molecule has 0 radical (unpaired) electrons. The van der Waals surface area contributed by atoms with Crippen molar-refractivity contribution in [1.82, 2.24) is 4.57 Å². The molecular weight excluding hydrogens is 383 g/mol. The van der Waals surface area contributed by atoms with Gasteiger partial charge in [0.2, 0.25) is 0 Å². The number of aromatic nitrogens is 1. The number of halogens is 1. The Labute approximate surface area is 176 Å². The third-order valence-corrected chi connectivity index (χ3v) is 5.40. The summed E-state index contributed by atoms with van der Waals surface area (Å²) in [5.41, 5.74) is 10.4. The molecule has 6 heteroatoms. The summed E-state index contributed by atoms with van der Waals surface area (Å²) < 4.78 is 26.7. The van der Waals surface area contributed by atoms with Gasteiger partial charge in [-0.15, -0.1) is 0 Å². The zero-order valence-electron chi connectivity index (χ0n) is 17.8. The lowest BCUT2D eigenvalue weighted by Crippen LogP contribution is -2.14. The van der Waals surface area contributed by atoms with Gasteiger partial charge in [-0.1, -0.05) is 25.1 Å². The van der Waals surface area contributed by atoms with Crippen LogP contribution in [0.5, 0.6) is 11.5 Å². The lowest BCUT2D eigenvalue weighted by molar-refractivity contribution is 0.1000. The Bertz CT molecular complexity index is 1070. The molecule has 5 nitrogen and oxygen atoms in total. The zero-order chi connectivity index (χ0) is 21.8. The fraction of sp³-hybridized carbons (Fsp3) is 0.292. The summed E-state index contributed by atoms with van der Waals surface area (Å²) in [7, 11) is 3.21. The van der Waals surface area contributed by atoms with Crippen LogP contribution in [0.3, 0.4) is 0 Å². The maximum atomic E-state index is 13.9. The number of hydrogen-bond donors (Lipinski definition) is 1. The van der Waals surface area contributed by atoms with E-state index in [1.54, 1.807) is 20.3 Å². The highest BCUT2D eigenvalue weighted by atomic mass is 19.1. The van der Waals surface area contributed by atoms with Crippen molar-refractivity contribution >= 4 is 5.91 Å². The van der Waals surface area contributed by atoms with Gasteiger partial charge >= 0.3 is 0 Å². The average molecular weight is 410 g/mol.